The zero-order chi connectivity index (χ0) is 29.5. The van der Waals surface area contributed by atoms with Crippen LogP contribution >= 0.6 is 0 Å². The van der Waals surface area contributed by atoms with Gasteiger partial charge in [0.1, 0.15) is 22.6 Å². The monoisotopic (exact) mass is 769 g/mol. The fourth-order valence-corrected chi connectivity index (χ4v) is 6.82. The SMILES string of the molecule is [Pt+2].[c-]1c(-c2cccc3c2[n-]c2ccccc23)cccc1-c1nc(-n2c3ccccc3c3cccnc32)cc2c1oc1ccccc12. The maximum absolute atomic E-state index is 6.52. The van der Waals surface area contributed by atoms with Crippen molar-refractivity contribution in [3.05, 3.63) is 140 Å². The smallest absolute Gasteiger partial charge is 0.663 e. The van der Waals surface area contributed by atoms with E-state index in [9.17, 15) is 0 Å². The molecule has 0 N–H and O–H groups in total. The van der Waals surface area contributed by atoms with Crippen LogP contribution in [0.4, 0.5) is 0 Å². The van der Waals surface area contributed by atoms with Crippen molar-refractivity contribution in [2.75, 3.05) is 0 Å². The first-order valence-corrected chi connectivity index (χ1v) is 15.0. The van der Waals surface area contributed by atoms with Gasteiger partial charge in [0.2, 0.25) is 0 Å². The van der Waals surface area contributed by atoms with Crippen molar-refractivity contribution < 1.29 is 25.5 Å². The summed E-state index contributed by atoms with van der Waals surface area (Å²) in [5.41, 5.74) is 9.01. The Morgan fingerprint density at radius 2 is 1.37 bits per heavy atom. The molecule has 218 valence electrons. The molecule has 0 saturated heterocycles. The van der Waals surface area contributed by atoms with Crippen molar-refractivity contribution in [3.63, 3.8) is 0 Å². The van der Waals surface area contributed by atoms with Crippen molar-refractivity contribution in [2.45, 2.75) is 0 Å². The quantitative estimate of drug-likeness (QED) is 0.168. The summed E-state index contributed by atoms with van der Waals surface area (Å²) in [6.07, 6.45) is 1.84. The summed E-state index contributed by atoms with van der Waals surface area (Å²) < 4.78 is 8.67. The molecule has 0 atom stereocenters. The number of hydrogen-bond acceptors (Lipinski definition) is 3. The maximum atomic E-state index is 6.52. The molecule has 0 fully saturated rings. The van der Waals surface area contributed by atoms with Gasteiger partial charge in [-0.3, -0.25) is 9.55 Å². The number of hydrogen-bond donors (Lipinski definition) is 0. The molecule has 0 bridgehead atoms. The molecular formula is C40H22N4OPt. The largest absolute Gasteiger partial charge is 2.00 e. The Bertz CT molecular complexity index is 2730. The van der Waals surface area contributed by atoms with Crippen LogP contribution < -0.4 is 4.98 Å². The number of pyridine rings is 2. The van der Waals surface area contributed by atoms with E-state index in [1.807, 2.05) is 36.5 Å². The molecule has 0 saturated carbocycles. The van der Waals surface area contributed by atoms with Crippen molar-refractivity contribution >= 4 is 65.7 Å². The Hall–Kier alpha value is -5.51. The second-order valence-electron chi connectivity index (χ2n) is 11.3. The third-order valence-corrected chi connectivity index (χ3v) is 8.81. The van der Waals surface area contributed by atoms with Crippen LogP contribution in [0.25, 0.3) is 93.9 Å². The summed E-state index contributed by atoms with van der Waals surface area (Å²) in [4.78, 5) is 15.2. The molecule has 0 amide bonds. The Kier molecular flexibility index (Phi) is 5.99. The molecular weight excluding hydrogens is 748 g/mol. The molecule has 0 aliphatic carbocycles. The first-order chi connectivity index (χ1) is 22.3. The number of rotatable bonds is 3. The van der Waals surface area contributed by atoms with Crippen LogP contribution in [0.5, 0.6) is 0 Å². The third kappa shape index (κ3) is 3.85. The third-order valence-electron chi connectivity index (χ3n) is 8.81. The topological polar surface area (TPSA) is 58.0 Å². The van der Waals surface area contributed by atoms with Crippen molar-refractivity contribution in [1.29, 1.82) is 0 Å². The van der Waals surface area contributed by atoms with Gasteiger partial charge in [0.05, 0.1) is 11.2 Å². The molecule has 5 nitrogen and oxygen atoms in total. The van der Waals surface area contributed by atoms with Crippen LogP contribution in [0.15, 0.2) is 138 Å². The number of benzene rings is 5. The predicted octanol–water partition coefficient (Wildman–Crippen LogP) is 9.87. The summed E-state index contributed by atoms with van der Waals surface area (Å²) in [6, 6.07) is 47.3. The van der Waals surface area contributed by atoms with Gasteiger partial charge in [0.15, 0.2) is 0 Å². The minimum Gasteiger partial charge on any atom is -0.663 e. The van der Waals surface area contributed by atoms with E-state index in [1.165, 1.54) is 0 Å². The van der Waals surface area contributed by atoms with Crippen LogP contribution in [0, 0.1) is 6.07 Å². The first kappa shape index (κ1) is 26.9. The molecule has 0 unspecified atom stereocenters. The summed E-state index contributed by atoms with van der Waals surface area (Å²) in [5, 5.41) is 6.56. The second-order valence-corrected chi connectivity index (χ2v) is 11.3. The van der Waals surface area contributed by atoms with Crippen LogP contribution in [0.1, 0.15) is 0 Å². The second kappa shape index (κ2) is 10.3. The molecule has 0 aliphatic rings. The van der Waals surface area contributed by atoms with Crippen LogP contribution in [-0.2, 0) is 21.1 Å². The van der Waals surface area contributed by atoms with Crippen LogP contribution in [0.2, 0.25) is 0 Å². The van der Waals surface area contributed by atoms with Crippen LogP contribution in [-0.4, -0.2) is 14.5 Å². The minimum atomic E-state index is 0. The van der Waals surface area contributed by atoms with E-state index in [0.29, 0.717) is 0 Å². The van der Waals surface area contributed by atoms with E-state index in [-0.39, 0.29) is 21.1 Å². The standard InChI is InChI=1S/C40H22N4O.Pt/c1-4-18-33-27(12-1)30-16-8-15-26(38(30)42-33)24-10-7-11-25(22-24)37-39-32(29-14-3-6-20-35(29)45-39)23-36(43-37)44-34-19-5-2-13-28(34)31-17-9-21-41-40(31)44;/h1-21,23H;/q-2;+2. The van der Waals surface area contributed by atoms with Crippen molar-refractivity contribution in [2.24, 2.45) is 0 Å². The molecule has 10 rings (SSSR count). The molecule has 5 aromatic heterocycles. The molecule has 5 heterocycles. The number of furan rings is 1. The van der Waals surface area contributed by atoms with Gasteiger partial charge in [-0.15, -0.1) is 35.3 Å². The zero-order valence-corrected chi connectivity index (χ0v) is 26.5. The van der Waals surface area contributed by atoms with Crippen molar-refractivity contribution in [3.8, 4) is 28.2 Å². The fraction of sp³-hybridized carbons (Fsp3) is 0. The van der Waals surface area contributed by atoms with E-state index in [2.05, 4.69) is 108 Å². The predicted molar refractivity (Wildman–Crippen MR) is 182 cm³/mol. The van der Waals surface area contributed by atoms with Crippen LogP contribution in [0.3, 0.4) is 0 Å². The maximum Gasteiger partial charge on any atom is 2.00 e. The molecule has 6 heteroatoms. The van der Waals surface area contributed by atoms with Gasteiger partial charge >= 0.3 is 21.1 Å². The van der Waals surface area contributed by atoms with Gasteiger partial charge in [0.25, 0.3) is 0 Å². The molecule has 10 aromatic rings. The zero-order valence-electron chi connectivity index (χ0n) is 24.2. The molecule has 0 radical (unpaired) electrons. The summed E-state index contributed by atoms with van der Waals surface area (Å²) >= 11 is 0. The Labute approximate surface area is 277 Å². The van der Waals surface area contributed by atoms with Gasteiger partial charge < -0.3 is 9.40 Å². The number of aromatic nitrogens is 4. The van der Waals surface area contributed by atoms with Gasteiger partial charge in [0, 0.05) is 27.7 Å². The number of para-hydroxylation sites is 4. The Morgan fingerprint density at radius 3 is 2.30 bits per heavy atom. The normalized spacial score (nSPS) is 11.7. The average molecular weight is 770 g/mol. The summed E-state index contributed by atoms with van der Waals surface area (Å²) in [6.45, 7) is 0. The Balaban J connectivity index is 0.00000292. The Morgan fingerprint density at radius 1 is 0.630 bits per heavy atom. The minimum absolute atomic E-state index is 0. The van der Waals surface area contributed by atoms with E-state index >= 15 is 0 Å². The molecule has 46 heavy (non-hydrogen) atoms. The average Bonchev–Trinajstić information content (AvgIpc) is 3.77. The summed E-state index contributed by atoms with van der Waals surface area (Å²) in [7, 11) is 0. The van der Waals surface area contributed by atoms with Gasteiger partial charge in [-0.1, -0.05) is 90.0 Å². The first-order valence-electron chi connectivity index (χ1n) is 15.0. The number of fused-ring (bicyclic) bond motifs is 9. The van der Waals surface area contributed by atoms with Gasteiger partial charge in [-0.2, -0.15) is 5.52 Å². The van der Waals surface area contributed by atoms with E-state index in [1.54, 1.807) is 0 Å². The van der Waals surface area contributed by atoms with E-state index in [0.717, 1.165) is 93.9 Å². The molecule has 0 aliphatic heterocycles. The van der Waals surface area contributed by atoms with Crippen molar-refractivity contribution in [1.82, 2.24) is 19.5 Å². The van der Waals surface area contributed by atoms with E-state index < -0.39 is 0 Å². The molecule has 0 spiro atoms. The molecule has 5 aromatic carbocycles. The fourth-order valence-electron chi connectivity index (χ4n) is 6.82. The summed E-state index contributed by atoms with van der Waals surface area (Å²) in [5.74, 6) is 0.777. The van der Waals surface area contributed by atoms with E-state index in [4.69, 9.17) is 19.4 Å². The van der Waals surface area contributed by atoms with Gasteiger partial charge in [-0.05, 0) is 41.1 Å². The van der Waals surface area contributed by atoms with Gasteiger partial charge in [-0.25, -0.2) is 4.98 Å². The number of nitrogens with zero attached hydrogens (tertiary/aromatic N) is 4.